The summed E-state index contributed by atoms with van der Waals surface area (Å²) in [4.78, 5) is 13.7. The van der Waals surface area contributed by atoms with Gasteiger partial charge in [-0.1, -0.05) is 15.9 Å². The molecule has 1 saturated heterocycles. The summed E-state index contributed by atoms with van der Waals surface area (Å²) < 4.78 is 13.7. The number of amides is 1. The van der Waals surface area contributed by atoms with E-state index in [1.807, 2.05) is 0 Å². The minimum Gasteiger partial charge on any atom is -0.393 e. The molecule has 92 valence electrons. The Morgan fingerprint density at radius 2 is 2.00 bits per heavy atom. The molecule has 5 heteroatoms. The molecule has 0 spiro atoms. The van der Waals surface area contributed by atoms with Crippen LogP contribution < -0.4 is 0 Å². The molecule has 0 bridgehead atoms. The summed E-state index contributed by atoms with van der Waals surface area (Å²) in [6, 6.07) is 4.16. The Hall–Kier alpha value is -0.940. The Morgan fingerprint density at radius 1 is 1.35 bits per heavy atom. The van der Waals surface area contributed by atoms with Gasteiger partial charge in [-0.25, -0.2) is 4.39 Å². The number of halogens is 2. The maximum atomic E-state index is 13.2. The first-order valence-electron chi connectivity index (χ1n) is 5.49. The van der Waals surface area contributed by atoms with Gasteiger partial charge in [0.05, 0.1) is 6.10 Å². The van der Waals surface area contributed by atoms with E-state index in [4.69, 9.17) is 0 Å². The Balaban J connectivity index is 2.14. The summed E-state index contributed by atoms with van der Waals surface area (Å²) in [5.41, 5.74) is 0.341. The lowest BCUT2D eigenvalue weighted by Crippen LogP contribution is -2.40. The van der Waals surface area contributed by atoms with Gasteiger partial charge in [-0.3, -0.25) is 4.79 Å². The zero-order valence-electron chi connectivity index (χ0n) is 9.20. The molecule has 1 fully saturated rings. The van der Waals surface area contributed by atoms with Crippen molar-refractivity contribution in [3.63, 3.8) is 0 Å². The summed E-state index contributed by atoms with van der Waals surface area (Å²) >= 11 is 3.16. The number of benzene rings is 1. The van der Waals surface area contributed by atoms with Crippen molar-refractivity contribution in [2.24, 2.45) is 0 Å². The summed E-state index contributed by atoms with van der Waals surface area (Å²) in [6.45, 7) is 1.04. The monoisotopic (exact) mass is 301 g/mol. The lowest BCUT2D eigenvalue weighted by Gasteiger charge is -2.29. The average Bonchev–Trinajstić information content (AvgIpc) is 2.28. The normalized spacial score (nSPS) is 17.2. The number of hydrogen-bond acceptors (Lipinski definition) is 2. The fourth-order valence-electron chi connectivity index (χ4n) is 1.93. The molecule has 17 heavy (non-hydrogen) atoms. The molecule has 1 aliphatic heterocycles. The number of piperidine rings is 1. The van der Waals surface area contributed by atoms with Crippen LogP contribution in [0.1, 0.15) is 23.2 Å². The molecule has 1 amide bonds. The van der Waals surface area contributed by atoms with Gasteiger partial charge < -0.3 is 10.0 Å². The van der Waals surface area contributed by atoms with Gasteiger partial charge >= 0.3 is 0 Å². The molecule has 0 aliphatic carbocycles. The fourth-order valence-corrected chi connectivity index (χ4v) is 2.39. The molecule has 0 saturated carbocycles. The Bertz CT molecular complexity index is 410. The van der Waals surface area contributed by atoms with Crippen LogP contribution in [0.2, 0.25) is 0 Å². The quantitative estimate of drug-likeness (QED) is 0.864. The van der Waals surface area contributed by atoms with Crippen LogP contribution in [0, 0.1) is 5.82 Å². The predicted molar refractivity (Wildman–Crippen MR) is 65.2 cm³/mol. The highest BCUT2D eigenvalue weighted by atomic mass is 79.9. The van der Waals surface area contributed by atoms with E-state index in [-0.39, 0.29) is 12.0 Å². The van der Waals surface area contributed by atoms with Gasteiger partial charge in [0.25, 0.3) is 5.91 Å². The molecular weight excluding hydrogens is 289 g/mol. The zero-order chi connectivity index (χ0) is 12.4. The second kappa shape index (κ2) is 5.14. The van der Waals surface area contributed by atoms with E-state index in [9.17, 15) is 14.3 Å². The minimum absolute atomic E-state index is 0.183. The smallest absolute Gasteiger partial charge is 0.253 e. The molecule has 0 aromatic heterocycles. The van der Waals surface area contributed by atoms with Gasteiger partial charge in [-0.15, -0.1) is 0 Å². The van der Waals surface area contributed by atoms with Crippen LogP contribution in [0.4, 0.5) is 4.39 Å². The van der Waals surface area contributed by atoms with Crippen molar-refractivity contribution < 1.29 is 14.3 Å². The number of rotatable bonds is 1. The van der Waals surface area contributed by atoms with Crippen LogP contribution in [-0.2, 0) is 0 Å². The fraction of sp³-hybridized carbons (Fsp3) is 0.417. The van der Waals surface area contributed by atoms with E-state index >= 15 is 0 Å². The molecule has 3 nitrogen and oxygen atoms in total. The number of aliphatic hydroxyl groups excluding tert-OH is 1. The summed E-state index contributed by atoms with van der Waals surface area (Å²) in [7, 11) is 0. The van der Waals surface area contributed by atoms with Gasteiger partial charge in [0.1, 0.15) is 5.82 Å². The molecular formula is C12H13BrFNO2. The minimum atomic E-state index is -0.431. The highest BCUT2D eigenvalue weighted by Gasteiger charge is 2.22. The number of carbonyl (C=O) groups excluding carboxylic acids is 1. The first-order chi connectivity index (χ1) is 8.06. The Labute approximate surface area is 107 Å². The zero-order valence-corrected chi connectivity index (χ0v) is 10.8. The lowest BCUT2D eigenvalue weighted by atomic mass is 10.1. The number of nitrogens with zero attached hydrogens (tertiary/aromatic N) is 1. The molecule has 1 aromatic rings. The van der Waals surface area contributed by atoms with Crippen molar-refractivity contribution in [1.29, 1.82) is 0 Å². The van der Waals surface area contributed by atoms with E-state index in [0.29, 0.717) is 36.0 Å². The molecule has 1 N–H and O–H groups in total. The van der Waals surface area contributed by atoms with Crippen molar-refractivity contribution in [2.45, 2.75) is 18.9 Å². The molecule has 0 unspecified atom stereocenters. The highest BCUT2D eigenvalue weighted by Crippen LogP contribution is 2.18. The van der Waals surface area contributed by atoms with E-state index < -0.39 is 5.82 Å². The van der Waals surface area contributed by atoms with Crippen LogP contribution >= 0.6 is 15.9 Å². The van der Waals surface area contributed by atoms with Crippen molar-refractivity contribution in [3.8, 4) is 0 Å². The summed E-state index contributed by atoms with van der Waals surface area (Å²) in [6.07, 6.45) is 0.850. The van der Waals surface area contributed by atoms with Crippen LogP contribution in [0.5, 0.6) is 0 Å². The van der Waals surface area contributed by atoms with Crippen LogP contribution in [0.15, 0.2) is 22.7 Å². The summed E-state index contributed by atoms with van der Waals surface area (Å²) in [5, 5.41) is 9.36. The Morgan fingerprint density at radius 3 is 2.59 bits per heavy atom. The largest absolute Gasteiger partial charge is 0.393 e. The lowest BCUT2D eigenvalue weighted by molar-refractivity contribution is 0.0546. The van der Waals surface area contributed by atoms with E-state index in [1.54, 1.807) is 11.0 Å². The van der Waals surface area contributed by atoms with E-state index in [2.05, 4.69) is 15.9 Å². The van der Waals surface area contributed by atoms with E-state index in [0.717, 1.165) is 0 Å². The molecule has 2 rings (SSSR count). The predicted octanol–water partition coefficient (Wildman–Crippen LogP) is 2.19. The topological polar surface area (TPSA) is 40.5 Å². The van der Waals surface area contributed by atoms with Gasteiger partial charge in [-0.05, 0) is 31.0 Å². The molecule has 1 heterocycles. The molecule has 0 radical (unpaired) electrons. The second-order valence-corrected chi connectivity index (χ2v) is 5.10. The van der Waals surface area contributed by atoms with Crippen LogP contribution in [-0.4, -0.2) is 35.1 Å². The van der Waals surface area contributed by atoms with Crippen LogP contribution in [0.25, 0.3) is 0 Å². The SMILES string of the molecule is O=C(c1cc(F)cc(Br)c1)N1CCC(O)CC1. The first-order valence-corrected chi connectivity index (χ1v) is 6.29. The number of hydrogen-bond donors (Lipinski definition) is 1. The standard InChI is InChI=1S/C12H13BrFNO2/c13-9-5-8(6-10(14)7-9)12(17)15-3-1-11(16)2-4-15/h5-7,11,16H,1-4H2. The molecule has 1 aliphatic rings. The maximum Gasteiger partial charge on any atom is 0.253 e. The van der Waals surface area contributed by atoms with Gasteiger partial charge in [0.15, 0.2) is 0 Å². The van der Waals surface area contributed by atoms with Gasteiger partial charge in [0, 0.05) is 23.1 Å². The van der Waals surface area contributed by atoms with Gasteiger partial charge in [0.2, 0.25) is 0 Å². The van der Waals surface area contributed by atoms with Crippen molar-refractivity contribution in [1.82, 2.24) is 4.90 Å². The summed E-state index contributed by atoms with van der Waals surface area (Å²) in [5.74, 6) is -0.614. The number of likely N-dealkylation sites (tertiary alicyclic amines) is 1. The van der Waals surface area contributed by atoms with Gasteiger partial charge in [-0.2, -0.15) is 0 Å². The third-order valence-electron chi connectivity index (χ3n) is 2.86. The highest BCUT2D eigenvalue weighted by molar-refractivity contribution is 9.10. The Kier molecular flexibility index (Phi) is 3.79. The maximum absolute atomic E-state index is 13.2. The third kappa shape index (κ3) is 3.04. The molecule has 1 aromatic carbocycles. The number of carbonyl (C=O) groups is 1. The first kappa shape index (κ1) is 12.5. The van der Waals surface area contributed by atoms with Crippen LogP contribution in [0.3, 0.4) is 0 Å². The van der Waals surface area contributed by atoms with Crippen molar-refractivity contribution in [2.75, 3.05) is 13.1 Å². The van der Waals surface area contributed by atoms with Crippen molar-refractivity contribution >= 4 is 21.8 Å². The average molecular weight is 302 g/mol. The second-order valence-electron chi connectivity index (χ2n) is 4.18. The van der Waals surface area contributed by atoms with Crippen molar-refractivity contribution in [3.05, 3.63) is 34.1 Å². The molecule has 0 atom stereocenters. The third-order valence-corrected chi connectivity index (χ3v) is 3.32. The number of aliphatic hydroxyl groups is 1. The van der Waals surface area contributed by atoms with E-state index in [1.165, 1.54) is 12.1 Å².